The molecule has 1 aromatic rings. The van der Waals surface area contributed by atoms with Crippen LogP contribution in [0.2, 0.25) is 0 Å². The fraction of sp³-hybridized carbons (Fsp3) is 0.786. The molecule has 0 saturated carbocycles. The van der Waals surface area contributed by atoms with Gasteiger partial charge >= 0.3 is 0 Å². The van der Waals surface area contributed by atoms with Crippen molar-refractivity contribution in [3.05, 3.63) is 11.4 Å². The molecule has 1 unspecified atom stereocenters. The largest absolute Gasteiger partial charge is 0.313 e. The second-order valence-electron chi connectivity index (χ2n) is 5.78. The second-order valence-corrected chi connectivity index (χ2v) is 7.65. The summed E-state index contributed by atoms with van der Waals surface area (Å²) in [5, 5.41) is 7.62. The molecule has 2 rings (SSSR count). The first-order valence-electron chi connectivity index (χ1n) is 7.61. The highest BCUT2D eigenvalue weighted by Crippen LogP contribution is 2.24. The van der Waals surface area contributed by atoms with Gasteiger partial charge < -0.3 is 5.32 Å². The Balaban J connectivity index is 2.32. The standard InChI is InChI=1S/C14H26N4O2S/c1-5-9-18(10-13-7-6-8-15-13)21(19,20)14-11(2)16-17(4)12(14)3/h13,15H,5-10H2,1-4H3. The molecule has 1 atom stereocenters. The van der Waals surface area contributed by atoms with Crippen molar-refractivity contribution in [2.45, 2.75) is 51.0 Å². The maximum absolute atomic E-state index is 13.0. The smallest absolute Gasteiger partial charge is 0.246 e. The third kappa shape index (κ3) is 3.30. The number of aromatic nitrogens is 2. The Morgan fingerprint density at radius 1 is 1.43 bits per heavy atom. The van der Waals surface area contributed by atoms with E-state index < -0.39 is 10.0 Å². The molecule has 120 valence electrons. The fourth-order valence-corrected chi connectivity index (χ4v) is 4.95. The van der Waals surface area contributed by atoms with Crippen molar-refractivity contribution in [2.75, 3.05) is 19.6 Å². The van der Waals surface area contributed by atoms with E-state index in [0.29, 0.717) is 29.4 Å². The van der Waals surface area contributed by atoms with Crippen LogP contribution >= 0.6 is 0 Å². The summed E-state index contributed by atoms with van der Waals surface area (Å²) < 4.78 is 29.3. The van der Waals surface area contributed by atoms with E-state index in [1.807, 2.05) is 13.8 Å². The van der Waals surface area contributed by atoms with E-state index in [1.54, 1.807) is 23.0 Å². The molecule has 2 heterocycles. The van der Waals surface area contributed by atoms with Crippen LogP contribution in [-0.2, 0) is 17.1 Å². The Hall–Kier alpha value is -0.920. The summed E-state index contributed by atoms with van der Waals surface area (Å²) in [4.78, 5) is 0.372. The number of nitrogens with zero attached hydrogens (tertiary/aromatic N) is 3. The molecule has 6 nitrogen and oxygen atoms in total. The highest BCUT2D eigenvalue weighted by atomic mass is 32.2. The highest BCUT2D eigenvalue weighted by Gasteiger charge is 2.32. The lowest BCUT2D eigenvalue weighted by Crippen LogP contribution is -2.41. The fourth-order valence-electron chi connectivity index (χ4n) is 2.97. The number of hydrogen-bond acceptors (Lipinski definition) is 4. The maximum atomic E-state index is 13.0. The van der Waals surface area contributed by atoms with Crippen molar-refractivity contribution in [3.8, 4) is 0 Å². The predicted octanol–water partition coefficient (Wildman–Crippen LogP) is 1.19. The molecule has 0 amide bonds. The lowest BCUT2D eigenvalue weighted by atomic mass is 10.2. The van der Waals surface area contributed by atoms with Gasteiger partial charge in [0.05, 0.1) is 11.4 Å². The maximum Gasteiger partial charge on any atom is 0.246 e. The lowest BCUT2D eigenvalue weighted by Gasteiger charge is -2.25. The molecule has 1 fully saturated rings. The molecule has 0 radical (unpaired) electrons. The summed E-state index contributed by atoms with van der Waals surface area (Å²) >= 11 is 0. The summed E-state index contributed by atoms with van der Waals surface area (Å²) in [5.41, 5.74) is 1.28. The van der Waals surface area contributed by atoms with Gasteiger partial charge in [0, 0.05) is 26.2 Å². The molecule has 1 saturated heterocycles. The van der Waals surface area contributed by atoms with Gasteiger partial charge in [-0.1, -0.05) is 6.92 Å². The quantitative estimate of drug-likeness (QED) is 0.856. The lowest BCUT2D eigenvalue weighted by molar-refractivity contribution is 0.369. The first kappa shape index (κ1) is 16.5. The zero-order chi connectivity index (χ0) is 15.6. The van der Waals surface area contributed by atoms with Crippen LogP contribution in [0, 0.1) is 13.8 Å². The van der Waals surface area contributed by atoms with Crippen LogP contribution < -0.4 is 5.32 Å². The third-order valence-electron chi connectivity index (χ3n) is 4.10. The molecular formula is C14H26N4O2S. The minimum absolute atomic E-state index is 0.267. The Morgan fingerprint density at radius 3 is 2.62 bits per heavy atom. The van der Waals surface area contributed by atoms with Crippen LogP contribution in [0.3, 0.4) is 0 Å². The topological polar surface area (TPSA) is 67.2 Å². The Morgan fingerprint density at radius 2 is 2.14 bits per heavy atom. The van der Waals surface area contributed by atoms with E-state index >= 15 is 0 Å². The molecule has 1 aliphatic rings. The van der Waals surface area contributed by atoms with E-state index in [0.717, 1.165) is 25.8 Å². The average Bonchev–Trinajstić information content (AvgIpc) is 2.98. The third-order valence-corrected chi connectivity index (χ3v) is 6.22. The van der Waals surface area contributed by atoms with Gasteiger partial charge in [-0.2, -0.15) is 9.40 Å². The summed E-state index contributed by atoms with van der Waals surface area (Å²) in [6.45, 7) is 7.66. The van der Waals surface area contributed by atoms with Crippen molar-refractivity contribution >= 4 is 10.0 Å². The van der Waals surface area contributed by atoms with Crippen LogP contribution in [0.25, 0.3) is 0 Å². The molecule has 1 N–H and O–H groups in total. The van der Waals surface area contributed by atoms with Crippen molar-refractivity contribution in [2.24, 2.45) is 7.05 Å². The monoisotopic (exact) mass is 314 g/mol. The van der Waals surface area contributed by atoms with Crippen LogP contribution in [0.15, 0.2) is 4.90 Å². The van der Waals surface area contributed by atoms with E-state index in [9.17, 15) is 8.42 Å². The number of hydrogen-bond donors (Lipinski definition) is 1. The van der Waals surface area contributed by atoms with Gasteiger partial charge in [-0.05, 0) is 39.7 Å². The normalized spacial score (nSPS) is 19.6. The van der Waals surface area contributed by atoms with Crippen molar-refractivity contribution < 1.29 is 8.42 Å². The zero-order valence-corrected chi connectivity index (χ0v) is 14.2. The van der Waals surface area contributed by atoms with Crippen molar-refractivity contribution in [3.63, 3.8) is 0 Å². The molecule has 0 bridgehead atoms. The van der Waals surface area contributed by atoms with Crippen LogP contribution in [0.5, 0.6) is 0 Å². The number of aryl methyl sites for hydroxylation is 2. The summed E-state index contributed by atoms with van der Waals surface area (Å²) in [6.07, 6.45) is 2.97. The van der Waals surface area contributed by atoms with Gasteiger partial charge in [-0.3, -0.25) is 4.68 Å². The summed E-state index contributed by atoms with van der Waals surface area (Å²) in [6, 6.07) is 0.267. The van der Waals surface area contributed by atoms with E-state index in [4.69, 9.17) is 0 Å². The van der Waals surface area contributed by atoms with Gasteiger partial charge in [0.25, 0.3) is 0 Å². The average molecular weight is 314 g/mol. The Labute approximate surface area is 127 Å². The summed E-state index contributed by atoms with van der Waals surface area (Å²) in [5.74, 6) is 0. The van der Waals surface area contributed by atoms with Gasteiger partial charge in [-0.25, -0.2) is 8.42 Å². The van der Waals surface area contributed by atoms with Crippen molar-refractivity contribution in [1.82, 2.24) is 19.4 Å². The van der Waals surface area contributed by atoms with Gasteiger partial charge in [-0.15, -0.1) is 0 Å². The molecule has 0 aromatic carbocycles. The predicted molar refractivity (Wildman–Crippen MR) is 82.8 cm³/mol. The van der Waals surface area contributed by atoms with E-state index in [2.05, 4.69) is 10.4 Å². The van der Waals surface area contributed by atoms with Gasteiger partial charge in [0.1, 0.15) is 4.90 Å². The van der Waals surface area contributed by atoms with Crippen LogP contribution in [0.4, 0.5) is 0 Å². The molecule has 21 heavy (non-hydrogen) atoms. The number of sulfonamides is 1. The number of nitrogens with one attached hydrogen (secondary N) is 1. The van der Waals surface area contributed by atoms with Crippen LogP contribution in [-0.4, -0.2) is 48.2 Å². The minimum Gasteiger partial charge on any atom is -0.313 e. The molecule has 0 spiro atoms. The molecule has 1 aromatic heterocycles. The Kier molecular flexibility index (Phi) is 5.06. The second kappa shape index (κ2) is 6.46. The molecular weight excluding hydrogens is 288 g/mol. The Bertz CT molecular complexity index is 588. The van der Waals surface area contributed by atoms with E-state index in [-0.39, 0.29) is 6.04 Å². The number of rotatable bonds is 6. The molecule has 7 heteroatoms. The minimum atomic E-state index is -3.48. The molecule has 0 aliphatic carbocycles. The SMILES string of the molecule is CCCN(CC1CCCN1)S(=O)(=O)c1c(C)nn(C)c1C. The van der Waals surface area contributed by atoms with E-state index in [1.165, 1.54) is 0 Å². The first-order valence-corrected chi connectivity index (χ1v) is 9.05. The molecule has 1 aliphatic heterocycles. The van der Waals surface area contributed by atoms with Crippen molar-refractivity contribution in [1.29, 1.82) is 0 Å². The first-order chi connectivity index (χ1) is 9.87. The highest BCUT2D eigenvalue weighted by molar-refractivity contribution is 7.89. The summed E-state index contributed by atoms with van der Waals surface area (Å²) in [7, 11) is -1.70. The van der Waals surface area contributed by atoms with Gasteiger partial charge in [0.15, 0.2) is 0 Å². The van der Waals surface area contributed by atoms with Gasteiger partial charge in [0.2, 0.25) is 10.0 Å². The zero-order valence-electron chi connectivity index (χ0n) is 13.4. The van der Waals surface area contributed by atoms with Crippen LogP contribution in [0.1, 0.15) is 37.6 Å².